The molecule has 4 rings (SSSR count). The van der Waals surface area contributed by atoms with Gasteiger partial charge in [-0.2, -0.15) is 0 Å². The second-order valence-electron chi connectivity index (χ2n) is 8.40. The average Bonchev–Trinajstić information content (AvgIpc) is 2.83. The van der Waals surface area contributed by atoms with Crippen LogP contribution < -0.4 is 19.1 Å². The Balaban J connectivity index is 1.40. The van der Waals surface area contributed by atoms with Crippen molar-refractivity contribution in [2.45, 2.75) is 32.2 Å². The quantitative estimate of drug-likeness (QED) is 0.771. The summed E-state index contributed by atoms with van der Waals surface area (Å²) < 4.78 is 16.5. The van der Waals surface area contributed by atoms with Gasteiger partial charge in [0.25, 0.3) is 5.91 Å². The summed E-state index contributed by atoms with van der Waals surface area (Å²) in [7, 11) is 4.91. The summed E-state index contributed by atoms with van der Waals surface area (Å²) in [6.07, 6.45) is 4.73. The lowest BCUT2D eigenvalue weighted by molar-refractivity contribution is -0.917. The highest BCUT2D eigenvalue weighted by Crippen LogP contribution is 2.39. The predicted octanol–water partition coefficient (Wildman–Crippen LogP) is 2.13. The van der Waals surface area contributed by atoms with E-state index in [1.165, 1.54) is 28.9 Å². The maximum Gasteiger partial charge on any atom is 0.254 e. The first-order valence-electron chi connectivity index (χ1n) is 11.2. The van der Waals surface area contributed by atoms with Gasteiger partial charge < -0.3 is 24.0 Å². The molecule has 1 heterocycles. The van der Waals surface area contributed by atoms with Crippen molar-refractivity contribution in [1.82, 2.24) is 4.90 Å². The molecule has 0 radical (unpaired) electrons. The molecule has 2 aliphatic rings. The third-order valence-corrected chi connectivity index (χ3v) is 6.58. The predicted molar refractivity (Wildman–Crippen MR) is 119 cm³/mol. The van der Waals surface area contributed by atoms with E-state index >= 15 is 0 Å². The Kier molecular flexibility index (Phi) is 6.66. The number of aryl methyl sites for hydroxylation is 2. The minimum absolute atomic E-state index is 0.163. The SMILES string of the molecule is COc1ccc(C[NH+]2CCN(C(=O)c3ccc4c(c3)CCCC4)CC2)c(OC)c1OC. The fourth-order valence-electron chi connectivity index (χ4n) is 4.82. The molecule has 0 atom stereocenters. The number of piperazine rings is 1. The van der Waals surface area contributed by atoms with E-state index in [1.54, 1.807) is 21.3 Å². The maximum absolute atomic E-state index is 13.1. The van der Waals surface area contributed by atoms with Crippen LogP contribution in [0.3, 0.4) is 0 Å². The second kappa shape index (κ2) is 9.60. The molecule has 6 heteroatoms. The van der Waals surface area contributed by atoms with Crippen molar-refractivity contribution in [2.24, 2.45) is 0 Å². The van der Waals surface area contributed by atoms with Crippen molar-refractivity contribution in [2.75, 3.05) is 47.5 Å². The van der Waals surface area contributed by atoms with Crippen LogP contribution in [0.15, 0.2) is 30.3 Å². The minimum atomic E-state index is 0.163. The van der Waals surface area contributed by atoms with Crippen molar-refractivity contribution < 1.29 is 23.9 Å². The number of fused-ring (bicyclic) bond motifs is 1. The van der Waals surface area contributed by atoms with Crippen LogP contribution in [0.2, 0.25) is 0 Å². The van der Waals surface area contributed by atoms with Crippen molar-refractivity contribution in [3.63, 3.8) is 0 Å². The van der Waals surface area contributed by atoms with E-state index in [2.05, 4.69) is 12.1 Å². The Morgan fingerprint density at radius 3 is 2.29 bits per heavy atom. The number of amides is 1. The molecule has 1 N–H and O–H groups in total. The lowest BCUT2D eigenvalue weighted by Crippen LogP contribution is -3.13. The van der Waals surface area contributed by atoms with Crippen LogP contribution in [0.5, 0.6) is 17.2 Å². The zero-order valence-corrected chi connectivity index (χ0v) is 18.8. The van der Waals surface area contributed by atoms with E-state index < -0.39 is 0 Å². The van der Waals surface area contributed by atoms with E-state index in [0.29, 0.717) is 11.5 Å². The molecule has 1 amide bonds. The van der Waals surface area contributed by atoms with Gasteiger partial charge in [0.1, 0.15) is 6.54 Å². The Bertz CT molecular complexity index is 935. The van der Waals surface area contributed by atoms with Crippen LogP contribution in [0.25, 0.3) is 0 Å². The van der Waals surface area contributed by atoms with Gasteiger partial charge in [0, 0.05) is 5.56 Å². The number of carbonyl (C=O) groups is 1. The first-order chi connectivity index (χ1) is 15.1. The van der Waals surface area contributed by atoms with Gasteiger partial charge in [-0.05, 0) is 61.1 Å². The monoisotopic (exact) mass is 425 g/mol. The zero-order chi connectivity index (χ0) is 21.8. The van der Waals surface area contributed by atoms with Gasteiger partial charge in [0.2, 0.25) is 5.75 Å². The minimum Gasteiger partial charge on any atom is -0.493 e. The van der Waals surface area contributed by atoms with Crippen LogP contribution in [0.1, 0.15) is 39.9 Å². The Morgan fingerprint density at radius 2 is 1.61 bits per heavy atom. The van der Waals surface area contributed by atoms with Gasteiger partial charge in [-0.3, -0.25) is 4.79 Å². The highest BCUT2D eigenvalue weighted by atomic mass is 16.5. The number of hydrogen-bond acceptors (Lipinski definition) is 4. The average molecular weight is 426 g/mol. The van der Waals surface area contributed by atoms with Gasteiger partial charge in [-0.1, -0.05) is 6.07 Å². The van der Waals surface area contributed by atoms with Crippen molar-refractivity contribution in [1.29, 1.82) is 0 Å². The van der Waals surface area contributed by atoms with Crippen LogP contribution in [-0.2, 0) is 19.4 Å². The molecule has 0 bridgehead atoms. The van der Waals surface area contributed by atoms with Gasteiger partial charge in [0.05, 0.1) is 53.1 Å². The summed E-state index contributed by atoms with van der Waals surface area (Å²) in [5.41, 5.74) is 4.71. The molecule has 31 heavy (non-hydrogen) atoms. The molecule has 166 valence electrons. The third-order valence-electron chi connectivity index (χ3n) is 6.58. The number of methoxy groups -OCH3 is 3. The molecule has 0 spiro atoms. The van der Waals surface area contributed by atoms with Gasteiger partial charge in [-0.15, -0.1) is 0 Å². The topological polar surface area (TPSA) is 52.4 Å². The number of benzene rings is 2. The Hall–Kier alpha value is -2.73. The summed E-state index contributed by atoms with van der Waals surface area (Å²) in [5.74, 6) is 2.18. The fourth-order valence-corrected chi connectivity index (χ4v) is 4.82. The molecule has 2 aromatic rings. The first kappa shape index (κ1) is 21.5. The fraction of sp³-hybridized carbons (Fsp3) is 0.480. The van der Waals surface area contributed by atoms with E-state index in [4.69, 9.17) is 14.2 Å². The summed E-state index contributed by atoms with van der Waals surface area (Å²) in [4.78, 5) is 16.5. The Labute approximate surface area is 184 Å². The molecule has 1 aliphatic heterocycles. The van der Waals surface area contributed by atoms with Crippen molar-refractivity contribution in [3.8, 4) is 17.2 Å². The number of quaternary nitrogens is 1. The molecule has 1 saturated heterocycles. The van der Waals surface area contributed by atoms with E-state index in [9.17, 15) is 4.79 Å². The van der Waals surface area contributed by atoms with Crippen molar-refractivity contribution >= 4 is 5.91 Å². The van der Waals surface area contributed by atoms with Gasteiger partial charge in [-0.25, -0.2) is 0 Å². The number of nitrogens with zero attached hydrogens (tertiary/aromatic N) is 1. The highest BCUT2D eigenvalue weighted by Gasteiger charge is 2.27. The maximum atomic E-state index is 13.1. The third kappa shape index (κ3) is 4.49. The molecular formula is C25H33N2O4+. The Morgan fingerprint density at radius 1 is 0.903 bits per heavy atom. The number of nitrogens with one attached hydrogen (secondary N) is 1. The highest BCUT2D eigenvalue weighted by molar-refractivity contribution is 5.94. The molecule has 0 unspecified atom stereocenters. The number of ether oxygens (including phenoxy) is 3. The van der Waals surface area contributed by atoms with Crippen LogP contribution >= 0.6 is 0 Å². The van der Waals surface area contributed by atoms with Crippen LogP contribution in [0, 0.1) is 0 Å². The molecular weight excluding hydrogens is 392 g/mol. The van der Waals surface area contributed by atoms with E-state index in [-0.39, 0.29) is 5.91 Å². The van der Waals surface area contributed by atoms with E-state index in [0.717, 1.165) is 62.4 Å². The second-order valence-corrected chi connectivity index (χ2v) is 8.40. The lowest BCUT2D eigenvalue weighted by atomic mass is 9.90. The van der Waals surface area contributed by atoms with Gasteiger partial charge >= 0.3 is 0 Å². The summed E-state index contributed by atoms with van der Waals surface area (Å²) in [6, 6.07) is 10.3. The number of carbonyl (C=O) groups excluding carboxylic acids is 1. The summed E-state index contributed by atoms with van der Waals surface area (Å²) >= 11 is 0. The molecule has 6 nitrogen and oxygen atoms in total. The normalized spacial score (nSPS) is 16.5. The number of hydrogen-bond donors (Lipinski definition) is 1. The number of rotatable bonds is 6. The molecule has 2 aromatic carbocycles. The van der Waals surface area contributed by atoms with Gasteiger partial charge in [0.15, 0.2) is 11.5 Å². The molecule has 0 saturated carbocycles. The largest absolute Gasteiger partial charge is 0.493 e. The van der Waals surface area contributed by atoms with Crippen LogP contribution in [-0.4, -0.2) is 58.3 Å². The van der Waals surface area contributed by atoms with Crippen LogP contribution in [0.4, 0.5) is 0 Å². The van der Waals surface area contributed by atoms with E-state index in [1.807, 2.05) is 23.1 Å². The first-order valence-corrected chi connectivity index (χ1v) is 11.2. The lowest BCUT2D eigenvalue weighted by Gasteiger charge is -2.33. The molecule has 0 aromatic heterocycles. The molecule has 1 fully saturated rings. The molecule has 1 aliphatic carbocycles. The van der Waals surface area contributed by atoms with Crippen molar-refractivity contribution in [3.05, 3.63) is 52.6 Å². The zero-order valence-electron chi connectivity index (χ0n) is 18.8. The summed E-state index contributed by atoms with van der Waals surface area (Å²) in [6.45, 7) is 4.18. The summed E-state index contributed by atoms with van der Waals surface area (Å²) in [5, 5.41) is 0. The smallest absolute Gasteiger partial charge is 0.254 e. The standard InChI is InChI=1S/C25H32N2O4/c1-29-22-11-10-21(23(30-2)24(22)31-3)17-26-12-14-27(15-13-26)25(28)20-9-8-18-6-4-5-7-19(18)16-20/h8-11,16H,4-7,12-15,17H2,1-3H3/p+1.